The largest absolute Gasteiger partial charge is 0.443 e. The van der Waals surface area contributed by atoms with Gasteiger partial charge in [-0.3, -0.25) is 10.1 Å². The van der Waals surface area contributed by atoms with Crippen molar-refractivity contribution in [1.29, 1.82) is 0 Å². The third kappa shape index (κ3) is 9.67. The molecule has 3 aromatic carbocycles. The van der Waals surface area contributed by atoms with Gasteiger partial charge in [0.15, 0.2) is 0 Å². The minimum atomic E-state index is -0.594. The molecule has 0 aliphatic carbocycles. The van der Waals surface area contributed by atoms with E-state index in [1.807, 2.05) is 92.7 Å². The highest BCUT2D eigenvalue weighted by Crippen LogP contribution is 2.28. The summed E-state index contributed by atoms with van der Waals surface area (Å²) < 4.78 is 11.0. The lowest BCUT2D eigenvalue weighted by Gasteiger charge is -2.28. The van der Waals surface area contributed by atoms with Gasteiger partial charge in [0.2, 0.25) is 0 Å². The Morgan fingerprint density at radius 3 is 2.26 bits per heavy atom. The molecule has 202 valence electrons. The number of esters is 1. The van der Waals surface area contributed by atoms with Crippen LogP contribution in [0.3, 0.4) is 0 Å². The molecule has 0 unspecified atom stereocenters. The summed E-state index contributed by atoms with van der Waals surface area (Å²) in [5, 5.41) is 2.93. The van der Waals surface area contributed by atoms with Crippen LogP contribution in [0.5, 0.6) is 5.75 Å². The van der Waals surface area contributed by atoms with E-state index in [0.717, 1.165) is 55.6 Å². The third-order valence-corrected chi connectivity index (χ3v) is 6.41. The van der Waals surface area contributed by atoms with Gasteiger partial charge in [0.05, 0.1) is 5.69 Å². The van der Waals surface area contributed by atoms with Crippen LogP contribution in [0, 0.1) is 0 Å². The first kappa shape index (κ1) is 28.9. The number of benzene rings is 3. The molecular formula is C32H40N2O4. The fourth-order valence-corrected chi connectivity index (χ4v) is 4.11. The van der Waals surface area contributed by atoms with Gasteiger partial charge in [-0.2, -0.15) is 0 Å². The summed E-state index contributed by atoms with van der Waals surface area (Å²) in [4.78, 5) is 26.4. The van der Waals surface area contributed by atoms with E-state index in [2.05, 4.69) is 17.3 Å². The van der Waals surface area contributed by atoms with Crippen LogP contribution >= 0.6 is 0 Å². The van der Waals surface area contributed by atoms with Crippen molar-refractivity contribution in [2.45, 2.75) is 58.5 Å². The summed E-state index contributed by atoms with van der Waals surface area (Å²) in [5.74, 6) is 0.377. The van der Waals surface area contributed by atoms with Gasteiger partial charge in [-0.25, -0.2) is 4.79 Å². The van der Waals surface area contributed by atoms with E-state index < -0.39 is 11.7 Å². The second-order valence-electron chi connectivity index (χ2n) is 10.2. The Bertz CT molecular complexity index is 1160. The number of nitrogens with one attached hydrogen (secondary N) is 1. The number of rotatable bonds is 13. The maximum Gasteiger partial charge on any atom is 0.412 e. The number of anilines is 1. The third-order valence-electron chi connectivity index (χ3n) is 6.41. The SMILES string of the molecule is CCC(=O)Oc1ccc(CCCCN(C)CCC(C)(C)OC(=O)Nc2ccccc2-c2ccccc2)cc1. The topological polar surface area (TPSA) is 67.9 Å². The van der Waals surface area contributed by atoms with Crippen molar-refractivity contribution in [2.24, 2.45) is 0 Å². The quantitative estimate of drug-likeness (QED) is 0.146. The van der Waals surface area contributed by atoms with Crippen LogP contribution < -0.4 is 10.1 Å². The monoisotopic (exact) mass is 516 g/mol. The highest BCUT2D eigenvalue weighted by molar-refractivity contribution is 5.91. The Morgan fingerprint density at radius 1 is 0.868 bits per heavy atom. The van der Waals surface area contributed by atoms with Crippen LogP contribution in [0.2, 0.25) is 0 Å². The fraction of sp³-hybridized carbons (Fsp3) is 0.375. The number of para-hydroxylation sites is 1. The number of nitrogens with zero attached hydrogens (tertiary/aromatic N) is 1. The maximum atomic E-state index is 12.7. The Kier molecular flexibility index (Phi) is 10.9. The van der Waals surface area contributed by atoms with Crippen LogP contribution in [0.4, 0.5) is 10.5 Å². The molecule has 0 aliphatic heterocycles. The summed E-state index contributed by atoms with van der Waals surface area (Å²) in [6.45, 7) is 7.49. The minimum absolute atomic E-state index is 0.219. The van der Waals surface area contributed by atoms with E-state index in [0.29, 0.717) is 12.2 Å². The number of hydrogen-bond acceptors (Lipinski definition) is 5. The van der Waals surface area contributed by atoms with Crippen molar-refractivity contribution in [2.75, 3.05) is 25.5 Å². The molecule has 0 radical (unpaired) electrons. The molecule has 0 bridgehead atoms. The Balaban J connectivity index is 1.38. The molecule has 3 aromatic rings. The second kappa shape index (κ2) is 14.3. The zero-order chi connectivity index (χ0) is 27.4. The molecule has 0 saturated heterocycles. The van der Waals surface area contributed by atoms with Gasteiger partial charge in [-0.15, -0.1) is 0 Å². The number of ether oxygens (including phenoxy) is 2. The number of carbonyl (C=O) groups is 2. The number of unbranched alkanes of at least 4 members (excludes halogenated alkanes) is 1. The average molecular weight is 517 g/mol. The van der Waals surface area contributed by atoms with Gasteiger partial charge in [0.25, 0.3) is 0 Å². The number of aryl methyl sites for hydroxylation is 1. The van der Waals surface area contributed by atoms with E-state index in [4.69, 9.17) is 9.47 Å². The first-order valence-electron chi connectivity index (χ1n) is 13.4. The highest BCUT2D eigenvalue weighted by Gasteiger charge is 2.24. The molecule has 1 N–H and O–H groups in total. The Hall–Kier alpha value is -3.64. The average Bonchev–Trinajstić information content (AvgIpc) is 2.91. The lowest BCUT2D eigenvalue weighted by Crippen LogP contribution is -2.35. The van der Waals surface area contributed by atoms with Crippen LogP contribution in [-0.2, 0) is 16.0 Å². The molecule has 3 rings (SSSR count). The lowest BCUT2D eigenvalue weighted by molar-refractivity contribution is -0.134. The van der Waals surface area contributed by atoms with Gasteiger partial charge >= 0.3 is 12.1 Å². The highest BCUT2D eigenvalue weighted by atomic mass is 16.6. The van der Waals surface area contributed by atoms with Crippen molar-refractivity contribution in [3.8, 4) is 16.9 Å². The Morgan fingerprint density at radius 2 is 1.55 bits per heavy atom. The van der Waals surface area contributed by atoms with Gasteiger partial charge in [-0.05, 0) is 82.4 Å². The number of hydrogen-bond donors (Lipinski definition) is 1. The van der Waals surface area contributed by atoms with E-state index in [-0.39, 0.29) is 5.97 Å². The van der Waals surface area contributed by atoms with Crippen molar-refractivity contribution in [3.05, 3.63) is 84.4 Å². The molecule has 6 nitrogen and oxygen atoms in total. The second-order valence-corrected chi connectivity index (χ2v) is 10.2. The molecule has 38 heavy (non-hydrogen) atoms. The molecule has 6 heteroatoms. The van der Waals surface area contributed by atoms with Gasteiger partial charge in [-0.1, -0.05) is 67.6 Å². The molecule has 0 heterocycles. The summed E-state index contributed by atoms with van der Waals surface area (Å²) in [6.07, 6.45) is 3.78. The predicted octanol–water partition coefficient (Wildman–Crippen LogP) is 7.34. The standard InChI is InChI=1S/C32H40N2O4/c1-5-30(35)37-27-20-18-25(19-21-27)13-11-12-23-34(4)24-22-32(2,3)38-31(36)33-29-17-10-9-16-28(29)26-14-7-6-8-15-26/h6-10,14-21H,5,11-13,22-24H2,1-4H3,(H,33,36). The molecular weight excluding hydrogens is 476 g/mol. The minimum Gasteiger partial charge on any atom is -0.443 e. The van der Waals surface area contributed by atoms with E-state index in [9.17, 15) is 9.59 Å². The molecule has 1 amide bonds. The number of amides is 1. The van der Waals surface area contributed by atoms with Crippen molar-refractivity contribution < 1.29 is 19.1 Å². The predicted molar refractivity (Wildman–Crippen MR) is 153 cm³/mol. The lowest BCUT2D eigenvalue weighted by atomic mass is 10.0. The van der Waals surface area contributed by atoms with Crippen molar-refractivity contribution in [3.63, 3.8) is 0 Å². The molecule has 0 aliphatic rings. The summed E-state index contributed by atoms with van der Waals surface area (Å²) in [5.41, 5.74) is 3.37. The zero-order valence-electron chi connectivity index (χ0n) is 23.0. The van der Waals surface area contributed by atoms with Gasteiger partial charge in [0.1, 0.15) is 11.4 Å². The summed E-state index contributed by atoms with van der Waals surface area (Å²) >= 11 is 0. The molecule has 0 saturated carbocycles. The van der Waals surface area contributed by atoms with Crippen molar-refractivity contribution >= 4 is 17.7 Å². The summed E-state index contributed by atoms with van der Waals surface area (Å²) in [7, 11) is 2.10. The zero-order valence-corrected chi connectivity index (χ0v) is 23.0. The van der Waals surface area contributed by atoms with E-state index >= 15 is 0 Å². The van der Waals surface area contributed by atoms with E-state index in [1.54, 1.807) is 6.92 Å². The maximum absolute atomic E-state index is 12.7. The fourth-order valence-electron chi connectivity index (χ4n) is 4.11. The normalized spacial score (nSPS) is 11.3. The molecule has 0 fully saturated rings. The molecule has 0 spiro atoms. The van der Waals surface area contributed by atoms with Crippen LogP contribution in [0.15, 0.2) is 78.9 Å². The van der Waals surface area contributed by atoms with Crippen LogP contribution in [0.1, 0.15) is 52.0 Å². The first-order chi connectivity index (χ1) is 18.3. The first-order valence-corrected chi connectivity index (χ1v) is 13.4. The van der Waals surface area contributed by atoms with Crippen molar-refractivity contribution in [1.82, 2.24) is 4.90 Å². The van der Waals surface area contributed by atoms with Crippen LogP contribution in [-0.4, -0.2) is 42.7 Å². The van der Waals surface area contributed by atoms with Gasteiger partial charge < -0.3 is 14.4 Å². The summed E-state index contributed by atoms with van der Waals surface area (Å²) in [6, 6.07) is 25.5. The number of carbonyl (C=O) groups excluding carboxylic acids is 2. The van der Waals surface area contributed by atoms with E-state index in [1.165, 1.54) is 5.56 Å². The smallest absolute Gasteiger partial charge is 0.412 e. The molecule has 0 atom stereocenters. The van der Waals surface area contributed by atoms with Crippen LogP contribution in [0.25, 0.3) is 11.1 Å². The molecule has 0 aromatic heterocycles. The Labute approximate surface area is 227 Å². The van der Waals surface area contributed by atoms with Gasteiger partial charge in [0, 0.05) is 18.5 Å².